The Morgan fingerprint density at radius 1 is 1.30 bits per heavy atom. The number of hydrogen-bond acceptors (Lipinski definition) is 3. The SMILES string of the molecule is CC(C)c1ccc(OC(=O)CCC2CCN(C(=N)N)CC2)cc1. The van der Waals surface area contributed by atoms with Crippen molar-refractivity contribution in [2.24, 2.45) is 11.7 Å². The minimum absolute atomic E-state index is 0.146. The van der Waals surface area contributed by atoms with Gasteiger partial charge in [-0.1, -0.05) is 26.0 Å². The van der Waals surface area contributed by atoms with E-state index in [4.69, 9.17) is 15.9 Å². The van der Waals surface area contributed by atoms with E-state index in [1.807, 2.05) is 29.2 Å². The van der Waals surface area contributed by atoms with Gasteiger partial charge in [0, 0.05) is 19.5 Å². The van der Waals surface area contributed by atoms with Crippen LogP contribution in [-0.4, -0.2) is 29.9 Å². The van der Waals surface area contributed by atoms with Gasteiger partial charge >= 0.3 is 5.97 Å². The molecule has 23 heavy (non-hydrogen) atoms. The Balaban J connectivity index is 1.72. The number of likely N-dealkylation sites (tertiary alicyclic amines) is 1. The lowest BCUT2D eigenvalue weighted by molar-refractivity contribution is -0.134. The normalized spacial score (nSPS) is 15.7. The van der Waals surface area contributed by atoms with Gasteiger partial charge in [0.05, 0.1) is 0 Å². The highest BCUT2D eigenvalue weighted by atomic mass is 16.5. The van der Waals surface area contributed by atoms with Crippen LogP contribution in [0.5, 0.6) is 5.75 Å². The molecule has 5 heteroatoms. The fraction of sp³-hybridized carbons (Fsp3) is 0.556. The molecule has 0 spiro atoms. The van der Waals surface area contributed by atoms with Crippen molar-refractivity contribution in [3.63, 3.8) is 0 Å². The van der Waals surface area contributed by atoms with Crippen LogP contribution < -0.4 is 10.5 Å². The molecule has 1 saturated heterocycles. The van der Waals surface area contributed by atoms with Gasteiger partial charge in [-0.25, -0.2) is 0 Å². The van der Waals surface area contributed by atoms with Crippen molar-refractivity contribution in [2.45, 2.75) is 45.4 Å². The Morgan fingerprint density at radius 2 is 1.91 bits per heavy atom. The zero-order valence-corrected chi connectivity index (χ0v) is 14.0. The minimum atomic E-state index is -0.170. The van der Waals surface area contributed by atoms with Gasteiger partial charge in [0.15, 0.2) is 5.96 Å². The zero-order chi connectivity index (χ0) is 16.8. The smallest absolute Gasteiger partial charge is 0.311 e. The first-order valence-corrected chi connectivity index (χ1v) is 8.35. The molecular formula is C18H27N3O2. The lowest BCUT2D eigenvalue weighted by Gasteiger charge is -2.31. The quantitative estimate of drug-likeness (QED) is 0.378. The summed E-state index contributed by atoms with van der Waals surface area (Å²) >= 11 is 0. The Hall–Kier alpha value is -2.04. The number of ether oxygens (including phenoxy) is 1. The van der Waals surface area contributed by atoms with Gasteiger partial charge in [-0.05, 0) is 48.8 Å². The van der Waals surface area contributed by atoms with Crippen molar-refractivity contribution in [3.8, 4) is 5.75 Å². The number of piperidine rings is 1. The average Bonchev–Trinajstić information content (AvgIpc) is 2.54. The Kier molecular flexibility index (Phi) is 6.02. The highest BCUT2D eigenvalue weighted by Gasteiger charge is 2.20. The van der Waals surface area contributed by atoms with Gasteiger partial charge in [-0.2, -0.15) is 0 Å². The number of nitrogens with one attached hydrogen (secondary N) is 1. The fourth-order valence-electron chi connectivity index (χ4n) is 2.89. The molecule has 1 aliphatic rings. The topological polar surface area (TPSA) is 79.4 Å². The van der Waals surface area contributed by atoms with Gasteiger partial charge in [0.1, 0.15) is 5.75 Å². The predicted molar refractivity (Wildman–Crippen MR) is 91.6 cm³/mol. The van der Waals surface area contributed by atoms with Crippen LogP contribution in [0.25, 0.3) is 0 Å². The summed E-state index contributed by atoms with van der Waals surface area (Å²) in [5.74, 6) is 1.58. The van der Waals surface area contributed by atoms with Gasteiger partial charge < -0.3 is 15.4 Å². The van der Waals surface area contributed by atoms with E-state index in [1.54, 1.807) is 0 Å². The van der Waals surface area contributed by atoms with E-state index in [-0.39, 0.29) is 11.9 Å². The van der Waals surface area contributed by atoms with Crippen molar-refractivity contribution < 1.29 is 9.53 Å². The first-order valence-electron chi connectivity index (χ1n) is 8.35. The molecule has 5 nitrogen and oxygen atoms in total. The number of nitrogens with zero attached hydrogens (tertiary/aromatic N) is 1. The van der Waals surface area contributed by atoms with E-state index in [9.17, 15) is 4.79 Å². The van der Waals surface area contributed by atoms with Crippen molar-refractivity contribution in [1.29, 1.82) is 5.41 Å². The third-order valence-electron chi connectivity index (χ3n) is 4.49. The molecular weight excluding hydrogens is 290 g/mol. The number of hydrogen-bond donors (Lipinski definition) is 2. The van der Waals surface area contributed by atoms with Crippen LogP contribution in [0.1, 0.15) is 51.0 Å². The molecule has 0 aromatic heterocycles. The second-order valence-corrected chi connectivity index (χ2v) is 6.55. The van der Waals surface area contributed by atoms with Crippen molar-refractivity contribution >= 4 is 11.9 Å². The summed E-state index contributed by atoms with van der Waals surface area (Å²) in [4.78, 5) is 13.8. The molecule has 0 atom stereocenters. The lowest BCUT2D eigenvalue weighted by atomic mass is 9.92. The summed E-state index contributed by atoms with van der Waals surface area (Å²) in [7, 11) is 0. The Bertz CT molecular complexity index is 532. The molecule has 2 rings (SSSR count). The Labute approximate surface area is 138 Å². The molecule has 1 aliphatic heterocycles. The van der Waals surface area contributed by atoms with Crippen molar-refractivity contribution in [3.05, 3.63) is 29.8 Å². The molecule has 0 saturated carbocycles. The monoisotopic (exact) mass is 317 g/mol. The maximum Gasteiger partial charge on any atom is 0.311 e. The van der Waals surface area contributed by atoms with Gasteiger partial charge in [-0.3, -0.25) is 10.2 Å². The molecule has 1 fully saturated rings. The molecule has 1 aromatic rings. The van der Waals surface area contributed by atoms with Crippen LogP contribution in [0.3, 0.4) is 0 Å². The molecule has 3 N–H and O–H groups in total. The third kappa shape index (κ3) is 5.27. The number of carbonyl (C=O) groups excluding carboxylic acids is 1. The van der Waals surface area contributed by atoms with Crippen LogP contribution in [0, 0.1) is 11.3 Å². The largest absolute Gasteiger partial charge is 0.427 e. The molecule has 0 bridgehead atoms. The van der Waals surface area contributed by atoms with E-state index in [2.05, 4.69) is 13.8 Å². The molecule has 1 aromatic carbocycles. The van der Waals surface area contributed by atoms with Crippen LogP contribution in [0.2, 0.25) is 0 Å². The summed E-state index contributed by atoms with van der Waals surface area (Å²) < 4.78 is 5.40. The average molecular weight is 317 g/mol. The molecule has 1 heterocycles. The number of guanidine groups is 1. The highest BCUT2D eigenvalue weighted by molar-refractivity contribution is 5.74. The van der Waals surface area contributed by atoms with Crippen LogP contribution >= 0.6 is 0 Å². The minimum Gasteiger partial charge on any atom is -0.427 e. The number of rotatable bonds is 5. The zero-order valence-electron chi connectivity index (χ0n) is 14.0. The molecule has 0 radical (unpaired) electrons. The highest BCUT2D eigenvalue weighted by Crippen LogP contribution is 2.23. The first kappa shape index (κ1) is 17.3. The van der Waals surface area contributed by atoms with Crippen LogP contribution in [-0.2, 0) is 4.79 Å². The van der Waals surface area contributed by atoms with Gasteiger partial charge in [0.2, 0.25) is 0 Å². The number of carbonyl (C=O) groups is 1. The van der Waals surface area contributed by atoms with E-state index in [0.29, 0.717) is 24.0 Å². The number of benzene rings is 1. The fourth-order valence-corrected chi connectivity index (χ4v) is 2.89. The van der Waals surface area contributed by atoms with Gasteiger partial charge in [0.25, 0.3) is 0 Å². The number of nitrogens with two attached hydrogens (primary N) is 1. The molecule has 0 amide bonds. The summed E-state index contributed by atoms with van der Waals surface area (Å²) in [6, 6.07) is 7.73. The lowest BCUT2D eigenvalue weighted by Crippen LogP contribution is -2.42. The van der Waals surface area contributed by atoms with Gasteiger partial charge in [-0.15, -0.1) is 0 Å². The van der Waals surface area contributed by atoms with E-state index >= 15 is 0 Å². The summed E-state index contributed by atoms with van der Waals surface area (Å²) in [5.41, 5.74) is 6.72. The van der Waals surface area contributed by atoms with E-state index in [1.165, 1.54) is 5.56 Å². The predicted octanol–water partition coefficient (Wildman–Crippen LogP) is 3.10. The first-order chi connectivity index (χ1) is 11.0. The van der Waals surface area contributed by atoms with Crippen molar-refractivity contribution in [2.75, 3.05) is 13.1 Å². The summed E-state index contributed by atoms with van der Waals surface area (Å²) in [5, 5.41) is 7.42. The maximum absolute atomic E-state index is 12.0. The maximum atomic E-state index is 12.0. The van der Waals surface area contributed by atoms with Crippen molar-refractivity contribution in [1.82, 2.24) is 4.90 Å². The van der Waals surface area contributed by atoms with E-state index in [0.717, 1.165) is 32.4 Å². The number of esters is 1. The Morgan fingerprint density at radius 3 is 2.43 bits per heavy atom. The summed E-state index contributed by atoms with van der Waals surface area (Å²) in [6.45, 7) is 5.90. The van der Waals surface area contributed by atoms with E-state index < -0.39 is 0 Å². The second kappa shape index (κ2) is 7.99. The molecule has 126 valence electrons. The van der Waals surface area contributed by atoms with Crippen LogP contribution in [0.15, 0.2) is 24.3 Å². The second-order valence-electron chi connectivity index (χ2n) is 6.55. The third-order valence-corrected chi connectivity index (χ3v) is 4.49. The molecule has 0 aliphatic carbocycles. The molecule has 0 unspecified atom stereocenters. The summed E-state index contributed by atoms with van der Waals surface area (Å²) in [6.07, 6.45) is 3.25. The van der Waals surface area contributed by atoms with Crippen LogP contribution in [0.4, 0.5) is 0 Å². The standard InChI is InChI=1S/C18H27N3O2/c1-13(2)15-4-6-16(7-5-15)23-17(22)8-3-14-9-11-21(12-10-14)18(19)20/h4-7,13-14H,3,8-12H2,1-2H3,(H3,19,20).